The van der Waals surface area contributed by atoms with Crippen LogP contribution in [-0.2, 0) is 20.7 Å². The number of ether oxygens (including phenoxy) is 1. The zero-order valence-corrected chi connectivity index (χ0v) is 18.8. The minimum Gasteiger partial charge on any atom is -0.451 e. The quantitative estimate of drug-likeness (QED) is 0.530. The summed E-state index contributed by atoms with van der Waals surface area (Å²) in [7, 11) is 0. The van der Waals surface area contributed by atoms with Crippen LogP contribution >= 0.6 is 0 Å². The summed E-state index contributed by atoms with van der Waals surface area (Å²) in [6, 6.07) is 10.8. The number of nitrogens with one attached hydrogen (secondary N) is 1. The van der Waals surface area contributed by atoms with Crippen LogP contribution in [0.4, 0.5) is 0 Å². The highest BCUT2D eigenvalue weighted by atomic mass is 16.6. The lowest BCUT2D eigenvalue weighted by Gasteiger charge is -2.34. The molecule has 0 aromatic heterocycles. The molecule has 2 fully saturated rings. The minimum absolute atomic E-state index is 0.105. The van der Waals surface area contributed by atoms with Gasteiger partial charge in [-0.2, -0.15) is 0 Å². The van der Waals surface area contributed by atoms with Gasteiger partial charge in [-0.15, -0.1) is 0 Å². The highest BCUT2D eigenvalue weighted by Gasteiger charge is 2.49. The van der Waals surface area contributed by atoms with Crippen molar-refractivity contribution in [3.8, 4) is 0 Å². The number of carbonyl (C=O) groups is 2. The Balaban J connectivity index is 1.19. The molecule has 0 unspecified atom stereocenters. The second-order valence-corrected chi connectivity index (χ2v) is 9.53. The van der Waals surface area contributed by atoms with Gasteiger partial charge in [0.1, 0.15) is 5.60 Å². The predicted molar refractivity (Wildman–Crippen MR) is 122 cm³/mol. The van der Waals surface area contributed by atoms with Gasteiger partial charge in [-0.25, -0.2) is 4.79 Å². The van der Waals surface area contributed by atoms with Gasteiger partial charge in [-0.05, 0) is 89.4 Å². The number of amides is 1. The van der Waals surface area contributed by atoms with Gasteiger partial charge in [0.15, 0.2) is 0 Å². The Labute approximate surface area is 186 Å². The Morgan fingerprint density at radius 2 is 1.84 bits per heavy atom. The first-order valence-corrected chi connectivity index (χ1v) is 12.1. The zero-order valence-electron chi connectivity index (χ0n) is 18.8. The average Bonchev–Trinajstić information content (AvgIpc) is 3.02. The molecule has 1 amide bonds. The van der Waals surface area contributed by atoms with Crippen molar-refractivity contribution in [2.24, 2.45) is 5.92 Å². The highest BCUT2D eigenvalue weighted by Crippen LogP contribution is 2.43. The first-order chi connectivity index (χ1) is 15.1. The molecule has 0 radical (unpaired) electrons. The van der Waals surface area contributed by atoms with Crippen LogP contribution in [0.25, 0.3) is 0 Å². The third-order valence-electron chi connectivity index (χ3n) is 7.32. The van der Waals surface area contributed by atoms with Crippen molar-refractivity contribution in [3.63, 3.8) is 0 Å². The predicted octanol–water partition coefficient (Wildman–Crippen LogP) is 4.02. The van der Waals surface area contributed by atoms with Crippen molar-refractivity contribution in [1.82, 2.24) is 10.2 Å². The van der Waals surface area contributed by atoms with E-state index in [2.05, 4.69) is 40.5 Å². The summed E-state index contributed by atoms with van der Waals surface area (Å²) in [5.74, 6) is 0.358. The fourth-order valence-corrected chi connectivity index (χ4v) is 5.56. The molecule has 1 aliphatic carbocycles. The summed E-state index contributed by atoms with van der Waals surface area (Å²) < 4.78 is 5.71. The van der Waals surface area contributed by atoms with Crippen molar-refractivity contribution in [2.45, 2.75) is 70.3 Å². The van der Waals surface area contributed by atoms with Crippen molar-refractivity contribution >= 4 is 11.9 Å². The lowest BCUT2D eigenvalue weighted by molar-refractivity contribution is -0.149. The number of benzene rings is 1. The summed E-state index contributed by atoms with van der Waals surface area (Å²) in [5.41, 5.74) is 1.88. The summed E-state index contributed by atoms with van der Waals surface area (Å²) in [6.07, 6.45) is 9.33. The topological polar surface area (TPSA) is 58.6 Å². The lowest BCUT2D eigenvalue weighted by atomic mass is 9.78. The maximum absolute atomic E-state index is 12.9. The Morgan fingerprint density at radius 3 is 2.55 bits per heavy atom. The number of likely N-dealkylation sites (tertiary alicyclic amines) is 1. The van der Waals surface area contributed by atoms with Crippen LogP contribution in [0, 0.1) is 5.92 Å². The van der Waals surface area contributed by atoms with E-state index in [1.165, 1.54) is 24.8 Å². The largest absolute Gasteiger partial charge is 0.451 e. The molecule has 5 heteroatoms. The third kappa shape index (κ3) is 5.20. The van der Waals surface area contributed by atoms with Crippen LogP contribution in [0.1, 0.15) is 63.9 Å². The van der Waals surface area contributed by atoms with E-state index in [1.807, 2.05) is 0 Å². The number of hydrogen-bond donors (Lipinski definition) is 1. The Morgan fingerprint density at radius 1 is 1.13 bits per heavy atom. The molecule has 4 rings (SSSR count). The standard InChI is InChI=1S/C26H36N2O3/c1-20-23(26(31-25(20)30)13-6-3-7-14-26)24(29)27-15-8-16-28-17-11-22(12-18-28)19-21-9-4-2-5-10-21/h2,4-5,9-10,22H,3,6-8,11-19H2,1H3,(H,27,29). The molecule has 1 aromatic rings. The van der Waals surface area contributed by atoms with Gasteiger partial charge in [-0.3, -0.25) is 4.79 Å². The number of rotatable bonds is 7. The Hall–Kier alpha value is -2.14. The van der Waals surface area contributed by atoms with Crippen LogP contribution in [0.2, 0.25) is 0 Å². The summed E-state index contributed by atoms with van der Waals surface area (Å²) in [6.45, 7) is 5.67. The van der Waals surface area contributed by atoms with Crippen LogP contribution in [0.15, 0.2) is 41.5 Å². The van der Waals surface area contributed by atoms with Gasteiger partial charge in [-0.1, -0.05) is 36.8 Å². The summed E-state index contributed by atoms with van der Waals surface area (Å²) >= 11 is 0. The van der Waals surface area contributed by atoms with E-state index in [9.17, 15) is 9.59 Å². The number of hydrogen-bond acceptors (Lipinski definition) is 4. The van der Waals surface area contributed by atoms with Gasteiger partial charge >= 0.3 is 5.97 Å². The molecule has 1 spiro atoms. The summed E-state index contributed by atoms with van der Waals surface area (Å²) in [4.78, 5) is 27.6. The van der Waals surface area contributed by atoms with E-state index >= 15 is 0 Å². The van der Waals surface area contributed by atoms with E-state index in [-0.39, 0.29) is 11.9 Å². The van der Waals surface area contributed by atoms with E-state index in [4.69, 9.17) is 4.74 Å². The Kier molecular flexibility index (Phi) is 7.11. The molecule has 1 aromatic carbocycles. The molecule has 5 nitrogen and oxygen atoms in total. The molecule has 2 heterocycles. The first kappa shape index (κ1) is 22.1. The SMILES string of the molecule is CC1=C(C(=O)NCCCN2CCC(Cc3ccccc3)CC2)C2(CCCCC2)OC1=O. The Bertz CT molecular complexity index is 803. The van der Waals surface area contributed by atoms with E-state index in [0.29, 0.717) is 17.7 Å². The molecule has 0 atom stereocenters. The van der Waals surface area contributed by atoms with Crippen molar-refractivity contribution in [3.05, 3.63) is 47.0 Å². The van der Waals surface area contributed by atoms with Crippen molar-refractivity contribution in [1.29, 1.82) is 0 Å². The fourth-order valence-electron chi connectivity index (χ4n) is 5.56. The molecule has 1 N–H and O–H groups in total. The maximum Gasteiger partial charge on any atom is 0.335 e. The molecule has 1 saturated carbocycles. The van der Waals surface area contributed by atoms with Gasteiger partial charge in [0.05, 0.1) is 5.57 Å². The van der Waals surface area contributed by atoms with E-state index < -0.39 is 5.60 Å². The molecular formula is C26H36N2O3. The van der Waals surface area contributed by atoms with Gasteiger partial charge in [0.2, 0.25) is 0 Å². The van der Waals surface area contributed by atoms with Crippen LogP contribution < -0.4 is 5.32 Å². The van der Waals surface area contributed by atoms with Crippen LogP contribution in [-0.4, -0.2) is 48.6 Å². The van der Waals surface area contributed by atoms with Crippen LogP contribution in [0.3, 0.4) is 0 Å². The normalized spacial score (nSPS) is 22.0. The molecule has 1 saturated heterocycles. The number of piperidine rings is 1. The smallest absolute Gasteiger partial charge is 0.335 e. The van der Waals surface area contributed by atoms with Gasteiger partial charge in [0, 0.05) is 12.1 Å². The monoisotopic (exact) mass is 424 g/mol. The second kappa shape index (κ2) is 9.99. The van der Waals surface area contributed by atoms with Crippen molar-refractivity contribution < 1.29 is 14.3 Å². The first-order valence-electron chi connectivity index (χ1n) is 12.1. The molecule has 31 heavy (non-hydrogen) atoms. The minimum atomic E-state index is -0.663. The molecular weight excluding hydrogens is 388 g/mol. The number of esters is 1. The van der Waals surface area contributed by atoms with Gasteiger partial charge < -0.3 is 15.0 Å². The zero-order chi connectivity index (χ0) is 21.7. The summed E-state index contributed by atoms with van der Waals surface area (Å²) in [5, 5.41) is 3.07. The average molecular weight is 425 g/mol. The highest BCUT2D eigenvalue weighted by molar-refractivity contribution is 6.07. The lowest BCUT2D eigenvalue weighted by Crippen LogP contribution is -2.42. The molecule has 2 aliphatic heterocycles. The third-order valence-corrected chi connectivity index (χ3v) is 7.32. The van der Waals surface area contributed by atoms with E-state index in [1.54, 1.807) is 6.92 Å². The number of nitrogens with zero attached hydrogens (tertiary/aromatic N) is 1. The van der Waals surface area contributed by atoms with Crippen molar-refractivity contribution in [2.75, 3.05) is 26.2 Å². The van der Waals surface area contributed by atoms with Crippen LogP contribution in [0.5, 0.6) is 0 Å². The van der Waals surface area contributed by atoms with Gasteiger partial charge in [0.25, 0.3) is 5.91 Å². The molecule has 0 bridgehead atoms. The maximum atomic E-state index is 12.9. The molecule has 168 valence electrons. The fraction of sp³-hybridized carbons (Fsp3) is 0.615. The van der Waals surface area contributed by atoms with E-state index in [0.717, 1.165) is 64.1 Å². The molecule has 3 aliphatic rings. The second-order valence-electron chi connectivity index (χ2n) is 9.53. The number of carbonyl (C=O) groups excluding carboxylic acids is 2.